The van der Waals surface area contributed by atoms with Gasteiger partial charge in [0.25, 0.3) is 0 Å². The molecule has 1 amide bonds. The predicted molar refractivity (Wildman–Crippen MR) is 85.2 cm³/mol. The third-order valence-electron chi connectivity index (χ3n) is 3.47. The van der Waals surface area contributed by atoms with Crippen molar-refractivity contribution < 1.29 is 14.4 Å². The predicted octanol–water partition coefficient (Wildman–Crippen LogP) is 3.76. The highest BCUT2D eigenvalue weighted by Gasteiger charge is 2.17. The number of hydrogen-bond donors (Lipinski definition) is 0. The molecule has 5 heteroatoms. The molecule has 112 valence electrons. The van der Waals surface area contributed by atoms with E-state index in [0.717, 1.165) is 21.7 Å². The average molecular weight is 296 g/mol. The summed E-state index contributed by atoms with van der Waals surface area (Å²) in [5.74, 6) is 0. The van der Waals surface area contributed by atoms with Gasteiger partial charge < -0.3 is 9.30 Å². The van der Waals surface area contributed by atoms with Crippen LogP contribution in [0.5, 0.6) is 0 Å². The number of amides is 1. The van der Waals surface area contributed by atoms with Gasteiger partial charge in [0.1, 0.15) is 0 Å². The zero-order valence-electron chi connectivity index (χ0n) is 12.4. The molecule has 2 aromatic carbocycles. The molecular formula is C17H16N2O3. The lowest BCUT2D eigenvalue weighted by atomic mass is 10.2. The second-order valence-corrected chi connectivity index (χ2v) is 4.71. The Morgan fingerprint density at radius 1 is 1.05 bits per heavy atom. The lowest BCUT2D eigenvalue weighted by Gasteiger charge is -2.18. The van der Waals surface area contributed by atoms with E-state index in [1.165, 1.54) is 14.2 Å². The summed E-state index contributed by atoms with van der Waals surface area (Å²) in [6.07, 6.45) is 1.43. The maximum atomic E-state index is 11.7. The van der Waals surface area contributed by atoms with Crippen molar-refractivity contribution >= 4 is 22.7 Å². The summed E-state index contributed by atoms with van der Waals surface area (Å²) in [5, 5.41) is 2.19. The van der Waals surface area contributed by atoms with Gasteiger partial charge in [0, 0.05) is 17.3 Å². The molecule has 0 aliphatic rings. The summed E-state index contributed by atoms with van der Waals surface area (Å²) in [4.78, 5) is 16.9. The monoisotopic (exact) mass is 296 g/mol. The summed E-state index contributed by atoms with van der Waals surface area (Å²) in [6.45, 7) is 0. The van der Waals surface area contributed by atoms with E-state index in [1.54, 1.807) is 0 Å². The van der Waals surface area contributed by atoms with Crippen molar-refractivity contribution in [3.63, 3.8) is 0 Å². The van der Waals surface area contributed by atoms with Crippen molar-refractivity contribution in [2.45, 2.75) is 0 Å². The van der Waals surface area contributed by atoms with Gasteiger partial charge in [0.15, 0.2) is 0 Å². The molecule has 3 rings (SSSR count). The number of anilines is 1. The highest BCUT2D eigenvalue weighted by Crippen LogP contribution is 2.26. The molecule has 0 atom stereocenters. The van der Waals surface area contributed by atoms with E-state index in [-0.39, 0.29) is 0 Å². The van der Waals surface area contributed by atoms with Gasteiger partial charge in [-0.1, -0.05) is 24.3 Å². The third kappa shape index (κ3) is 2.42. The number of hydroxylamine groups is 1. The minimum Gasteiger partial charge on any atom is -0.451 e. The number of carbonyl (C=O) groups excluding carboxylic acids is 1. The average Bonchev–Trinajstić information content (AvgIpc) is 2.99. The fourth-order valence-corrected chi connectivity index (χ4v) is 2.43. The van der Waals surface area contributed by atoms with Crippen LogP contribution in [0, 0.1) is 0 Å². The summed E-state index contributed by atoms with van der Waals surface area (Å²) >= 11 is 0. The molecule has 1 aromatic heterocycles. The minimum absolute atomic E-state index is 0.570. The molecule has 0 unspecified atom stereocenters. The van der Waals surface area contributed by atoms with Crippen molar-refractivity contribution in [2.75, 3.05) is 19.3 Å². The quantitative estimate of drug-likeness (QED) is 0.691. The van der Waals surface area contributed by atoms with Crippen LogP contribution in [-0.4, -0.2) is 24.9 Å². The van der Waals surface area contributed by atoms with Gasteiger partial charge in [0.2, 0.25) is 0 Å². The van der Waals surface area contributed by atoms with Crippen LogP contribution in [0.25, 0.3) is 16.6 Å². The number of ether oxygens (including phenoxy) is 1. The standard InChI is InChI=1S/C17H16N2O3/c1-21-17(20)19(22-2)15-9-8-13-10-11-18(16(13)12-15)14-6-4-3-5-7-14/h3-12H,1-2H3. The first kappa shape index (κ1) is 14.2. The smallest absolute Gasteiger partial charge is 0.438 e. The van der Waals surface area contributed by atoms with Crippen molar-refractivity contribution in [2.24, 2.45) is 0 Å². The van der Waals surface area contributed by atoms with E-state index in [0.29, 0.717) is 5.69 Å². The molecule has 0 aliphatic heterocycles. The van der Waals surface area contributed by atoms with Crippen LogP contribution in [0.4, 0.5) is 10.5 Å². The number of fused-ring (bicyclic) bond motifs is 1. The van der Waals surface area contributed by atoms with E-state index >= 15 is 0 Å². The van der Waals surface area contributed by atoms with Crippen LogP contribution < -0.4 is 5.06 Å². The molecule has 0 bridgehead atoms. The number of aromatic nitrogens is 1. The zero-order chi connectivity index (χ0) is 15.5. The first-order chi connectivity index (χ1) is 10.7. The van der Waals surface area contributed by atoms with E-state index < -0.39 is 6.09 Å². The van der Waals surface area contributed by atoms with Gasteiger partial charge in [-0.15, -0.1) is 0 Å². The molecule has 0 saturated heterocycles. The molecule has 0 N–H and O–H groups in total. The third-order valence-corrected chi connectivity index (χ3v) is 3.47. The van der Waals surface area contributed by atoms with Crippen LogP contribution in [-0.2, 0) is 9.57 Å². The van der Waals surface area contributed by atoms with Crippen molar-refractivity contribution in [1.82, 2.24) is 4.57 Å². The Balaban J connectivity index is 2.11. The molecule has 0 spiro atoms. The minimum atomic E-state index is -0.570. The number of methoxy groups -OCH3 is 1. The highest BCUT2D eigenvalue weighted by atomic mass is 16.7. The number of rotatable bonds is 3. The second-order valence-electron chi connectivity index (χ2n) is 4.71. The van der Waals surface area contributed by atoms with Crippen molar-refractivity contribution in [3.8, 4) is 5.69 Å². The van der Waals surface area contributed by atoms with Crippen LogP contribution in [0.1, 0.15) is 0 Å². The molecule has 0 radical (unpaired) electrons. The molecule has 0 saturated carbocycles. The van der Waals surface area contributed by atoms with Crippen LogP contribution in [0.3, 0.4) is 0 Å². The molecular weight excluding hydrogens is 280 g/mol. The summed E-state index contributed by atoms with van der Waals surface area (Å²) < 4.78 is 6.78. The molecule has 0 aliphatic carbocycles. The fraction of sp³-hybridized carbons (Fsp3) is 0.118. The van der Waals surface area contributed by atoms with Gasteiger partial charge in [-0.05, 0) is 30.3 Å². The SMILES string of the molecule is COC(=O)N(OC)c1ccc2ccn(-c3ccccc3)c2c1. The number of nitrogens with zero attached hydrogens (tertiary/aromatic N) is 2. The first-order valence-corrected chi connectivity index (χ1v) is 6.83. The molecule has 5 nitrogen and oxygen atoms in total. The molecule has 3 aromatic rings. The van der Waals surface area contributed by atoms with Crippen LogP contribution in [0.15, 0.2) is 60.8 Å². The maximum absolute atomic E-state index is 11.7. The summed E-state index contributed by atoms with van der Waals surface area (Å²) in [5.41, 5.74) is 2.64. The van der Waals surface area contributed by atoms with Crippen molar-refractivity contribution in [1.29, 1.82) is 0 Å². The van der Waals surface area contributed by atoms with Crippen molar-refractivity contribution in [3.05, 3.63) is 60.8 Å². The lowest BCUT2D eigenvalue weighted by Crippen LogP contribution is -2.29. The van der Waals surface area contributed by atoms with Gasteiger partial charge >= 0.3 is 6.09 Å². The number of carbonyl (C=O) groups is 1. The van der Waals surface area contributed by atoms with Crippen LogP contribution in [0.2, 0.25) is 0 Å². The summed E-state index contributed by atoms with van der Waals surface area (Å²) in [7, 11) is 2.75. The first-order valence-electron chi connectivity index (χ1n) is 6.83. The lowest BCUT2D eigenvalue weighted by molar-refractivity contribution is 0.116. The zero-order valence-corrected chi connectivity index (χ0v) is 12.4. The topological polar surface area (TPSA) is 43.7 Å². The summed E-state index contributed by atoms with van der Waals surface area (Å²) in [6, 6.07) is 17.7. The van der Waals surface area contributed by atoms with E-state index in [1.807, 2.05) is 60.8 Å². The molecule has 1 heterocycles. The largest absolute Gasteiger partial charge is 0.451 e. The maximum Gasteiger partial charge on any atom is 0.438 e. The Kier molecular flexibility index (Phi) is 3.80. The number of hydrogen-bond acceptors (Lipinski definition) is 3. The fourth-order valence-electron chi connectivity index (χ4n) is 2.43. The Morgan fingerprint density at radius 2 is 1.82 bits per heavy atom. The Labute approximate surface area is 128 Å². The van der Waals surface area contributed by atoms with Crippen LogP contribution >= 0.6 is 0 Å². The Hall–Kier alpha value is -2.79. The van der Waals surface area contributed by atoms with Gasteiger partial charge in [-0.3, -0.25) is 4.84 Å². The second kappa shape index (κ2) is 5.91. The normalized spacial score (nSPS) is 10.6. The molecule has 22 heavy (non-hydrogen) atoms. The van der Waals surface area contributed by atoms with E-state index in [9.17, 15) is 4.79 Å². The van der Waals surface area contributed by atoms with Gasteiger partial charge in [-0.2, -0.15) is 5.06 Å². The highest BCUT2D eigenvalue weighted by molar-refractivity contribution is 5.91. The number of benzene rings is 2. The number of para-hydroxylation sites is 1. The van der Waals surface area contributed by atoms with Gasteiger partial charge in [0.05, 0.1) is 25.4 Å². The van der Waals surface area contributed by atoms with E-state index in [4.69, 9.17) is 9.57 Å². The Bertz CT molecular complexity index is 796. The molecule has 0 fully saturated rings. The van der Waals surface area contributed by atoms with E-state index in [2.05, 4.69) is 4.57 Å². The Morgan fingerprint density at radius 3 is 2.50 bits per heavy atom. The van der Waals surface area contributed by atoms with Gasteiger partial charge in [-0.25, -0.2) is 4.79 Å².